The summed E-state index contributed by atoms with van der Waals surface area (Å²) in [7, 11) is 1.92. The van der Waals surface area contributed by atoms with Crippen molar-refractivity contribution in [3.05, 3.63) is 54.1 Å². The first-order chi connectivity index (χ1) is 12.5. The van der Waals surface area contributed by atoms with E-state index in [0.717, 1.165) is 22.7 Å². The quantitative estimate of drug-likeness (QED) is 0.864. The molecule has 2 aromatic carbocycles. The number of nitrogens with zero attached hydrogens (tertiary/aromatic N) is 1. The number of nitrogens with one attached hydrogen (secondary N) is 1. The Bertz CT molecular complexity index is 746. The third-order valence-corrected chi connectivity index (χ3v) is 4.49. The summed E-state index contributed by atoms with van der Waals surface area (Å²) in [5.74, 6) is 1.75. The summed E-state index contributed by atoms with van der Waals surface area (Å²) >= 11 is 0. The number of ether oxygens (including phenoxy) is 2. The first-order valence-corrected chi connectivity index (χ1v) is 8.99. The fourth-order valence-corrected chi connectivity index (χ4v) is 3.10. The van der Waals surface area contributed by atoms with E-state index in [9.17, 15) is 4.79 Å². The van der Waals surface area contributed by atoms with Crippen LogP contribution in [0.25, 0.3) is 0 Å². The maximum Gasteiger partial charge on any atom is 0.239 e. The second-order valence-corrected chi connectivity index (χ2v) is 6.88. The summed E-state index contributed by atoms with van der Waals surface area (Å²) in [5.41, 5.74) is 2.04. The largest absolute Gasteiger partial charge is 0.486 e. The lowest BCUT2D eigenvalue weighted by molar-refractivity contribution is -0.120. The molecule has 5 nitrogen and oxygen atoms in total. The molecule has 1 N–H and O–H groups in total. The molecular formula is C21H26N2O3. The van der Waals surface area contributed by atoms with Crippen molar-refractivity contribution < 1.29 is 14.3 Å². The first kappa shape index (κ1) is 18.1. The minimum Gasteiger partial charge on any atom is -0.486 e. The molecule has 0 saturated heterocycles. The molecule has 0 aromatic heterocycles. The van der Waals surface area contributed by atoms with Gasteiger partial charge >= 0.3 is 0 Å². The number of carbonyl (C=O) groups excluding carboxylic acids is 1. The molecule has 5 heteroatoms. The van der Waals surface area contributed by atoms with E-state index in [4.69, 9.17) is 9.47 Å². The molecule has 0 radical (unpaired) electrons. The minimum atomic E-state index is -0.0810. The van der Waals surface area contributed by atoms with E-state index in [1.165, 1.54) is 0 Å². The van der Waals surface area contributed by atoms with Gasteiger partial charge in [-0.1, -0.05) is 38.1 Å². The number of hydrogen-bond donors (Lipinski definition) is 1. The molecule has 3 rings (SSSR count). The van der Waals surface area contributed by atoms with Crippen molar-refractivity contribution in [1.29, 1.82) is 0 Å². The molecule has 0 unspecified atom stereocenters. The van der Waals surface area contributed by atoms with Gasteiger partial charge in [0.1, 0.15) is 13.2 Å². The van der Waals surface area contributed by atoms with E-state index in [2.05, 4.69) is 19.2 Å². The van der Waals surface area contributed by atoms with Gasteiger partial charge in [-0.25, -0.2) is 0 Å². The highest BCUT2D eigenvalue weighted by molar-refractivity contribution is 5.81. The zero-order chi connectivity index (χ0) is 18.5. The van der Waals surface area contributed by atoms with Crippen LogP contribution >= 0.6 is 0 Å². The fraction of sp³-hybridized carbons (Fsp3) is 0.381. The lowest BCUT2D eigenvalue weighted by Gasteiger charge is -2.27. The van der Waals surface area contributed by atoms with Crippen LogP contribution < -0.4 is 19.7 Å². The average Bonchev–Trinajstić information content (AvgIpc) is 2.66. The number of benzene rings is 2. The van der Waals surface area contributed by atoms with E-state index in [0.29, 0.717) is 19.8 Å². The normalized spacial score (nSPS) is 14.0. The van der Waals surface area contributed by atoms with Gasteiger partial charge in [0, 0.05) is 12.7 Å². The van der Waals surface area contributed by atoms with Gasteiger partial charge in [-0.05, 0) is 35.7 Å². The topological polar surface area (TPSA) is 50.8 Å². The number of amides is 1. The lowest BCUT2D eigenvalue weighted by atomic mass is 9.95. The smallest absolute Gasteiger partial charge is 0.239 e. The Kier molecular flexibility index (Phi) is 5.66. The maximum atomic E-state index is 12.6. The standard InChI is InChI=1S/C21H26N2O3/c1-15(2)21(16-9-10-18-19(13-16)26-12-11-25-18)22-20(24)14-23(3)17-7-5-4-6-8-17/h4-10,13,15,21H,11-12,14H2,1-3H3,(H,22,24)/t21-/m1/s1. The van der Waals surface area contributed by atoms with Crippen LogP contribution in [0.3, 0.4) is 0 Å². The van der Waals surface area contributed by atoms with Crippen LogP contribution in [0.15, 0.2) is 48.5 Å². The Morgan fingerprint density at radius 2 is 1.77 bits per heavy atom. The summed E-state index contributed by atoms with van der Waals surface area (Å²) in [6, 6.07) is 15.7. The summed E-state index contributed by atoms with van der Waals surface area (Å²) in [6.07, 6.45) is 0. The maximum absolute atomic E-state index is 12.6. The van der Waals surface area contributed by atoms with Gasteiger partial charge in [0.15, 0.2) is 11.5 Å². The Balaban J connectivity index is 1.69. The van der Waals surface area contributed by atoms with Crippen LogP contribution in [-0.4, -0.2) is 32.7 Å². The summed E-state index contributed by atoms with van der Waals surface area (Å²) < 4.78 is 11.3. The van der Waals surface area contributed by atoms with Crippen LogP contribution in [0, 0.1) is 5.92 Å². The first-order valence-electron chi connectivity index (χ1n) is 8.99. The van der Waals surface area contributed by atoms with Crippen molar-refractivity contribution in [2.45, 2.75) is 19.9 Å². The molecule has 0 aliphatic carbocycles. The molecule has 1 amide bonds. The molecule has 26 heavy (non-hydrogen) atoms. The number of hydrogen-bond acceptors (Lipinski definition) is 4. The molecule has 1 aliphatic heterocycles. The van der Waals surface area contributed by atoms with E-state index in [1.54, 1.807) is 0 Å². The van der Waals surface area contributed by atoms with Crippen molar-refractivity contribution in [3.63, 3.8) is 0 Å². The molecule has 1 heterocycles. The molecule has 1 atom stereocenters. The van der Waals surface area contributed by atoms with Gasteiger partial charge in [0.25, 0.3) is 0 Å². The molecular weight excluding hydrogens is 328 g/mol. The van der Waals surface area contributed by atoms with Crippen LogP contribution in [0.4, 0.5) is 5.69 Å². The predicted molar refractivity (Wildman–Crippen MR) is 103 cm³/mol. The number of fused-ring (bicyclic) bond motifs is 1. The molecule has 0 fully saturated rings. The number of para-hydroxylation sites is 1. The van der Waals surface area contributed by atoms with Crippen molar-refractivity contribution in [2.24, 2.45) is 5.92 Å². The predicted octanol–water partition coefficient (Wildman–Crippen LogP) is 3.41. The molecule has 138 valence electrons. The Hall–Kier alpha value is -2.69. The highest BCUT2D eigenvalue weighted by Crippen LogP contribution is 2.34. The zero-order valence-electron chi connectivity index (χ0n) is 15.6. The van der Waals surface area contributed by atoms with Gasteiger partial charge in [-0.15, -0.1) is 0 Å². The third kappa shape index (κ3) is 4.28. The molecule has 0 spiro atoms. The van der Waals surface area contributed by atoms with Crippen molar-refractivity contribution in [2.75, 3.05) is 31.7 Å². The lowest BCUT2D eigenvalue weighted by Crippen LogP contribution is -2.39. The molecule has 0 bridgehead atoms. The second-order valence-electron chi connectivity index (χ2n) is 6.88. The molecule has 1 aliphatic rings. The van der Waals surface area contributed by atoms with Crippen LogP contribution in [0.1, 0.15) is 25.5 Å². The van der Waals surface area contributed by atoms with Crippen LogP contribution in [0.2, 0.25) is 0 Å². The highest BCUT2D eigenvalue weighted by Gasteiger charge is 2.22. The minimum absolute atomic E-state index is 0.00931. The van der Waals surface area contributed by atoms with Gasteiger partial charge < -0.3 is 19.7 Å². The van der Waals surface area contributed by atoms with E-state index >= 15 is 0 Å². The van der Waals surface area contributed by atoms with E-state index < -0.39 is 0 Å². The Labute approximate surface area is 154 Å². The number of likely N-dealkylation sites (N-methyl/N-ethyl adjacent to an activating group) is 1. The van der Waals surface area contributed by atoms with Gasteiger partial charge in [0.2, 0.25) is 5.91 Å². The van der Waals surface area contributed by atoms with E-state index in [1.807, 2.05) is 60.5 Å². The van der Waals surface area contributed by atoms with Crippen LogP contribution in [-0.2, 0) is 4.79 Å². The zero-order valence-corrected chi connectivity index (χ0v) is 15.6. The van der Waals surface area contributed by atoms with Crippen molar-refractivity contribution in [3.8, 4) is 11.5 Å². The van der Waals surface area contributed by atoms with Gasteiger partial charge in [-0.2, -0.15) is 0 Å². The monoisotopic (exact) mass is 354 g/mol. The second kappa shape index (κ2) is 8.13. The summed E-state index contributed by atoms with van der Waals surface area (Å²) in [6.45, 7) is 5.63. The SMILES string of the molecule is CC(C)[C@@H](NC(=O)CN(C)c1ccccc1)c1ccc2c(c1)OCCO2. The summed E-state index contributed by atoms with van der Waals surface area (Å²) in [5, 5.41) is 3.16. The highest BCUT2D eigenvalue weighted by atomic mass is 16.6. The van der Waals surface area contributed by atoms with E-state index in [-0.39, 0.29) is 17.9 Å². The average molecular weight is 354 g/mol. The fourth-order valence-electron chi connectivity index (χ4n) is 3.10. The molecule has 2 aromatic rings. The number of anilines is 1. The number of carbonyl (C=O) groups is 1. The summed E-state index contributed by atoms with van der Waals surface area (Å²) in [4.78, 5) is 14.5. The van der Waals surface area contributed by atoms with Gasteiger partial charge in [0.05, 0.1) is 12.6 Å². The Morgan fingerprint density at radius 1 is 1.08 bits per heavy atom. The molecule has 0 saturated carbocycles. The third-order valence-electron chi connectivity index (χ3n) is 4.49. The Morgan fingerprint density at radius 3 is 2.46 bits per heavy atom. The van der Waals surface area contributed by atoms with Crippen molar-refractivity contribution in [1.82, 2.24) is 5.32 Å². The van der Waals surface area contributed by atoms with Crippen LogP contribution in [0.5, 0.6) is 11.5 Å². The number of rotatable bonds is 6. The van der Waals surface area contributed by atoms with Crippen molar-refractivity contribution >= 4 is 11.6 Å². The van der Waals surface area contributed by atoms with Gasteiger partial charge in [-0.3, -0.25) is 4.79 Å².